The number of anilines is 1. The van der Waals surface area contributed by atoms with Crippen LogP contribution in [-0.4, -0.2) is 31.3 Å². The van der Waals surface area contributed by atoms with Crippen LogP contribution in [0, 0.1) is 0 Å². The van der Waals surface area contributed by atoms with Crippen LogP contribution in [0.15, 0.2) is 23.6 Å². The Kier molecular flexibility index (Phi) is 10.1. The number of rotatable bonds is 8. The van der Waals surface area contributed by atoms with Crippen LogP contribution in [0.1, 0.15) is 11.3 Å². The van der Waals surface area contributed by atoms with Gasteiger partial charge in [-0.05, 0) is 17.7 Å². The number of hydrogen-bond acceptors (Lipinski definition) is 5. The zero-order valence-electron chi connectivity index (χ0n) is 13.5. The van der Waals surface area contributed by atoms with Crippen LogP contribution in [0.2, 0.25) is 10.0 Å². The first-order valence-corrected chi connectivity index (χ1v) is 8.85. The molecule has 10 heteroatoms. The van der Waals surface area contributed by atoms with Gasteiger partial charge in [0.2, 0.25) is 0 Å². The normalized spacial score (nSPS) is 10.2. The summed E-state index contributed by atoms with van der Waals surface area (Å²) in [5, 5.41) is 12.0. The van der Waals surface area contributed by atoms with Crippen molar-refractivity contribution in [3.63, 3.8) is 0 Å². The van der Waals surface area contributed by atoms with Gasteiger partial charge in [-0.3, -0.25) is 5.32 Å². The molecule has 25 heavy (non-hydrogen) atoms. The molecule has 2 aromatic rings. The van der Waals surface area contributed by atoms with Crippen LogP contribution in [0.5, 0.6) is 0 Å². The molecule has 0 aliphatic heterocycles. The molecule has 0 aliphatic rings. The summed E-state index contributed by atoms with van der Waals surface area (Å²) in [4.78, 5) is 16.2. The number of ether oxygens (including phenoxy) is 1. The van der Waals surface area contributed by atoms with E-state index in [-0.39, 0.29) is 18.4 Å². The average Bonchev–Trinajstić information content (AvgIpc) is 3.00. The summed E-state index contributed by atoms with van der Waals surface area (Å²) in [6.07, 6.45) is 0. The van der Waals surface area contributed by atoms with E-state index in [1.54, 1.807) is 19.2 Å². The van der Waals surface area contributed by atoms with Gasteiger partial charge in [-0.1, -0.05) is 29.3 Å². The second kappa shape index (κ2) is 11.5. The molecule has 0 fully saturated rings. The third-order valence-electron chi connectivity index (χ3n) is 3.00. The number of urea groups is 1. The quantitative estimate of drug-likeness (QED) is 0.560. The molecule has 1 aromatic heterocycles. The molecule has 3 N–H and O–H groups in total. The highest BCUT2D eigenvalue weighted by Crippen LogP contribution is 2.22. The summed E-state index contributed by atoms with van der Waals surface area (Å²) in [5.41, 5.74) is 1.73. The Morgan fingerprint density at radius 2 is 2.08 bits per heavy atom. The Bertz CT molecular complexity index is 685. The molecule has 0 saturated carbocycles. The number of carbonyl (C=O) groups excluding carboxylic acids is 1. The van der Waals surface area contributed by atoms with E-state index in [9.17, 15) is 4.79 Å². The molecule has 6 nitrogen and oxygen atoms in total. The van der Waals surface area contributed by atoms with Gasteiger partial charge < -0.3 is 15.4 Å². The lowest BCUT2D eigenvalue weighted by molar-refractivity contribution is 0.199. The number of thiazole rings is 1. The molecule has 0 spiro atoms. The molecule has 1 heterocycles. The minimum atomic E-state index is -0.325. The van der Waals surface area contributed by atoms with Crippen LogP contribution in [-0.2, 0) is 17.8 Å². The number of methoxy groups -OCH3 is 1. The summed E-state index contributed by atoms with van der Waals surface area (Å²) >= 11 is 13.2. The van der Waals surface area contributed by atoms with Gasteiger partial charge in [0.1, 0.15) is 0 Å². The fourth-order valence-corrected chi connectivity index (χ4v) is 2.84. The number of aromatic nitrogens is 1. The number of amides is 2. The molecule has 0 radical (unpaired) electrons. The maximum Gasteiger partial charge on any atom is 0.321 e. The molecule has 0 bridgehead atoms. The smallest absolute Gasteiger partial charge is 0.321 e. The molecular formula is C15H19Cl3N4O2S. The molecule has 0 saturated heterocycles. The Morgan fingerprint density at radius 1 is 1.28 bits per heavy atom. The zero-order valence-corrected chi connectivity index (χ0v) is 16.6. The highest BCUT2D eigenvalue weighted by atomic mass is 35.5. The molecule has 2 rings (SSSR count). The van der Waals surface area contributed by atoms with Gasteiger partial charge in [-0.25, -0.2) is 9.78 Å². The minimum absolute atomic E-state index is 0. The van der Waals surface area contributed by atoms with Crippen LogP contribution >= 0.6 is 46.9 Å². The van der Waals surface area contributed by atoms with Crippen molar-refractivity contribution in [2.24, 2.45) is 0 Å². The largest absolute Gasteiger partial charge is 0.383 e. The SMILES string of the molecule is COCCNCc1csc(NC(=O)NCc2ccc(Cl)c(Cl)c2)n1.Cl. The van der Waals surface area contributed by atoms with Gasteiger partial charge in [0.05, 0.1) is 22.3 Å². The highest BCUT2D eigenvalue weighted by Gasteiger charge is 2.07. The number of benzene rings is 1. The van der Waals surface area contributed by atoms with E-state index in [2.05, 4.69) is 20.9 Å². The third kappa shape index (κ3) is 7.77. The average molecular weight is 426 g/mol. The first-order valence-electron chi connectivity index (χ1n) is 7.21. The van der Waals surface area contributed by atoms with E-state index >= 15 is 0 Å². The number of hydrogen-bond donors (Lipinski definition) is 3. The fraction of sp³-hybridized carbons (Fsp3) is 0.333. The van der Waals surface area contributed by atoms with Gasteiger partial charge in [0, 0.05) is 32.1 Å². The van der Waals surface area contributed by atoms with Crippen LogP contribution in [0.4, 0.5) is 9.93 Å². The van der Waals surface area contributed by atoms with Crippen molar-refractivity contribution in [3.8, 4) is 0 Å². The Balaban J connectivity index is 0.00000312. The highest BCUT2D eigenvalue weighted by molar-refractivity contribution is 7.13. The van der Waals surface area contributed by atoms with Crippen molar-refractivity contribution in [3.05, 3.63) is 44.9 Å². The Hall–Kier alpha value is -1.09. The predicted molar refractivity (Wildman–Crippen MR) is 105 cm³/mol. The van der Waals surface area contributed by atoms with E-state index in [1.165, 1.54) is 11.3 Å². The molecule has 1 aromatic carbocycles. The Labute approximate surface area is 166 Å². The van der Waals surface area contributed by atoms with E-state index in [0.717, 1.165) is 17.8 Å². The Morgan fingerprint density at radius 3 is 2.80 bits per heavy atom. The number of halogens is 3. The zero-order chi connectivity index (χ0) is 17.4. The first-order chi connectivity index (χ1) is 11.6. The van der Waals surface area contributed by atoms with Crippen molar-refractivity contribution in [1.82, 2.24) is 15.6 Å². The van der Waals surface area contributed by atoms with Crippen LogP contribution < -0.4 is 16.0 Å². The van der Waals surface area contributed by atoms with E-state index in [0.29, 0.717) is 34.9 Å². The van der Waals surface area contributed by atoms with Gasteiger partial charge in [0.25, 0.3) is 0 Å². The maximum absolute atomic E-state index is 11.9. The predicted octanol–water partition coefficient (Wildman–Crippen LogP) is 3.93. The summed E-state index contributed by atoms with van der Waals surface area (Å²) in [7, 11) is 1.66. The fourth-order valence-electron chi connectivity index (χ4n) is 1.81. The van der Waals surface area contributed by atoms with E-state index < -0.39 is 0 Å². The molecule has 0 aliphatic carbocycles. The monoisotopic (exact) mass is 424 g/mol. The van der Waals surface area contributed by atoms with E-state index in [4.69, 9.17) is 27.9 Å². The second-order valence-electron chi connectivity index (χ2n) is 4.87. The molecular weight excluding hydrogens is 407 g/mol. The topological polar surface area (TPSA) is 75.3 Å². The first kappa shape index (κ1) is 22.0. The summed E-state index contributed by atoms with van der Waals surface area (Å²) in [6, 6.07) is 4.90. The molecule has 0 atom stereocenters. The summed E-state index contributed by atoms with van der Waals surface area (Å²) < 4.78 is 4.95. The lowest BCUT2D eigenvalue weighted by Gasteiger charge is -2.06. The number of nitrogens with one attached hydrogen (secondary N) is 3. The van der Waals surface area contributed by atoms with Gasteiger partial charge in [-0.2, -0.15) is 0 Å². The second-order valence-corrected chi connectivity index (χ2v) is 6.54. The number of carbonyl (C=O) groups is 1. The van der Waals surface area contributed by atoms with Crippen molar-refractivity contribution in [2.45, 2.75) is 13.1 Å². The van der Waals surface area contributed by atoms with Gasteiger partial charge >= 0.3 is 6.03 Å². The minimum Gasteiger partial charge on any atom is -0.383 e. The van der Waals surface area contributed by atoms with E-state index in [1.807, 2.05) is 11.4 Å². The van der Waals surface area contributed by atoms with Gasteiger partial charge in [0.15, 0.2) is 5.13 Å². The summed E-state index contributed by atoms with van der Waals surface area (Å²) in [5.74, 6) is 0. The van der Waals surface area contributed by atoms with Crippen LogP contribution in [0.25, 0.3) is 0 Å². The molecule has 0 unspecified atom stereocenters. The lowest BCUT2D eigenvalue weighted by Crippen LogP contribution is -2.28. The van der Waals surface area contributed by atoms with Crippen molar-refractivity contribution in [1.29, 1.82) is 0 Å². The van der Waals surface area contributed by atoms with Crippen molar-refractivity contribution >= 4 is 58.1 Å². The summed E-state index contributed by atoms with van der Waals surface area (Å²) in [6.45, 7) is 2.37. The molecule has 138 valence electrons. The number of nitrogens with zero attached hydrogens (tertiary/aromatic N) is 1. The van der Waals surface area contributed by atoms with Crippen molar-refractivity contribution in [2.75, 3.05) is 25.6 Å². The van der Waals surface area contributed by atoms with Gasteiger partial charge in [-0.15, -0.1) is 23.7 Å². The maximum atomic E-state index is 11.9. The standard InChI is InChI=1S/C15H18Cl2N4O2S.ClH/c1-23-5-4-18-8-11-9-24-15(20-11)21-14(22)19-7-10-2-3-12(16)13(17)6-10;/h2-3,6,9,18H,4-5,7-8H2,1H3,(H2,19,20,21,22);1H. The van der Waals surface area contributed by atoms with Crippen LogP contribution in [0.3, 0.4) is 0 Å². The third-order valence-corrected chi connectivity index (χ3v) is 4.54. The molecule has 2 amide bonds. The van der Waals surface area contributed by atoms with Crippen molar-refractivity contribution < 1.29 is 9.53 Å². The lowest BCUT2D eigenvalue weighted by atomic mass is 10.2.